The highest BCUT2D eigenvalue weighted by molar-refractivity contribution is 7.28. The SMILES string of the molecule is O=C(O)c1[c-][pH]cc1. The van der Waals surface area contributed by atoms with Crippen LogP contribution in [0.2, 0.25) is 0 Å². The summed E-state index contributed by atoms with van der Waals surface area (Å²) in [6, 6.07) is 1.57. The van der Waals surface area contributed by atoms with Gasteiger partial charge in [-0.15, -0.1) is 5.80 Å². The van der Waals surface area contributed by atoms with Crippen molar-refractivity contribution >= 4 is 14.2 Å². The van der Waals surface area contributed by atoms with Crippen molar-refractivity contribution in [2.45, 2.75) is 0 Å². The van der Waals surface area contributed by atoms with E-state index in [1.54, 1.807) is 11.9 Å². The smallest absolute Gasteiger partial charge is 0.247 e. The Kier molecular flexibility index (Phi) is 1.36. The van der Waals surface area contributed by atoms with E-state index >= 15 is 0 Å². The van der Waals surface area contributed by atoms with Crippen LogP contribution < -0.4 is 0 Å². The topological polar surface area (TPSA) is 37.3 Å². The van der Waals surface area contributed by atoms with Gasteiger partial charge < -0.3 is 9.90 Å². The van der Waals surface area contributed by atoms with Crippen LogP contribution in [0.25, 0.3) is 0 Å². The fourth-order valence-corrected chi connectivity index (χ4v) is 1.09. The number of carbonyl (C=O) groups is 1. The van der Waals surface area contributed by atoms with E-state index in [0.29, 0.717) is 13.8 Å². The van der Waals surface area contributed by atoms with Gasteiger partial charge in [-0.2, -0.15) is 11.9 Å². The minimum absolute atomic E-state index is 0.295. The third kappa shape index (κ3) is 0.903. The van der Waals surface area contributed by atoms with Crippen molar-refractivity contribution in [3.8, 4) is 0 Å². The summed E-state index contributed by atoms with van der Waals surface area (Å²) in [6.07, 6.45) is 0. The van der Waals surface area contributed by atoms with Crippen molar-refractivity contribution in [2.24, 2.45) is 0 Å². The van der Waals surface area contributed by atoms with Gasteiger partial charge in [0.2, 0.25) is 5.97 Å². The normalized spacial score (nSPS) is 10.0. The van der Waals surface area contributed by atoms with Gasteiger partial charge in [-0.1, -0.05) is 5.56 Å². The second-order valence-electron chi connectivity index (χ2n) is 1.32. The van der Waals surface area contributed by atoms with Gasteiger partial charge in [0.25, 0.3) is 0 Å². The van der Waals surface area contributed by atoms with Crippen LogP contribution in [-0.4, -0.2) is 11.1 Å². The molecule has 1 N–H and O–H groups in total. The molecule has 3 heteroatoms. The number of carboxylic acids is 1. The lowest BCUT2D eigenvalue weighted by molar-refractivity contribution is 0.0697. The van der Waals surface area contributed by atoms with Crippen LogP contribution in [0.5, 0.6) is 0 Å². The first kappa shape index (κ1) is 5.39. The van der Waals surface area contributed by atoms with E-state index in [-0.39, 0.29) is 0 Å². The highest BCUT2D eigenvalue weighted by Gasteiger charge is 1.87. The zero-order chi connectivity index (χ0) is 5.98. The van der Waals surface area contributed by atoms with Crippen molar-refractivity contribution in [3.05, 3.63) is 23.2 Å². The first-order chi connectivity index (χ1) is 3.80. The van der Waals surface area contributed by atoms with Gasteiger partial charge in [-0.25, -0.2) is 8.19 Å². The number of hydrogen-bond donors (Lipinski definition) is 1. The fraction of sp³-hybridized carbons (Fsp3) is 0. The predicted molar refractivity (Wildman–Crippen MR) is 31.7 cm³/mol. The van der Waals surface area contributed by atoms with Gasteiger partial charge in [-0.3, -0.25) is 0 Å². The van der Waals surface area contributed by atoms with Crippen molar-refractivity contribution in [1.29, 1.82) is 0 Å². The van der Waals surface area contributed by atoms with Gasteiger partial charge in [0.15, 0.2) is 0 Å². The monoisotopic (exact) mass is 127 g/mol. The van der Waals surface area contributed by atoms with E-state index in [4.69, 9.17) is 5.11 Å². The van der Waals surface area contributed by atoms with Gasteiger partial charge in [0.1, 0.15) is 0 Å². The molecule has 1 atom stereocenters. The Labute approximate surface area is 48.2 Å². The third-order valence-electron chi connectivity index (χ3n) is 0.771. The van der Waals surface area contributed by atoms with E-state index < -0.39 is 5.97 Å². The molecule has 0 radical (unpaired) electrons. The van der Waals surface area contributed by atoms with Crippen molar-refractivity contribution in [1.82, 2.24) is 0 Å². The highest BCUT2D eigenvalue weighted by atomic mass is 31.0. The summed E-state index contributed by atoms with van der Waals surface area (Å²) < 4.78 is 0. The van der Waals surface area contributed by atoms with E-state index in [1.165, 1.54) is 0 Å². The molecular formula is C5H4O2P-. The standard InChI is InChI=1S/C5H4O2P/c6-5(7)4-1-2-8-3-4/h1-2,8H,(H,6,7)/q-1. The first-order valence-electron chi connectivity index (χ1n) is 2.09. The van der Waals surface area contributed by atoms with Crippen LogP contribution >= 0.6 is 8.19 Å². The second-order valence-corrected chi connectivity index (χ2v) is 2.19. The number of hydrogen-bond acceptors (Lipinski definition) is 1. The third-order valence-corrected chi connectivity index (χ3v) is 1.52. The molecule has 1 aromatic heterocycles. The molecule has 0 saturated carbocycles. The molecule has 0 fully saturated rings. The van der Waals surface area contributed by atoms with Crippen LogP contribution in [-0.2, 0) is 0 Å². The van der Waals surface area contributed by atoms with E-state index in [2.05, 4.69) is 5.80 Å². The Morgan fingerprint density at radius 3 is 2.88 bits per heavy atom. The molecule has 0 amide bonds. The summed E-state index contributed by atoms with van der Waals surface area (Å²) in [5.74, 6) is 3.60. The molecule has 1 heterocycles. The maximum atomic E-state index is 10.1. The average molecular weight is 127 g/mol. The summed E-state index contributed by atoms with van der Waals surface area (Å²) in [4.78, 5) is 10.1. The Hall–Kier alpha value is -0.750. The molecule has 0 bridgehead atoms. The van der Waals surface area contributed by atoms with Crippen LogP contribution in [0.1, 0.15) is 10.4 Å². The Morgan fingerprint density at radius 1 is 1.88 bits per heavy atom. The Morgan fingerprint density at radius 2 is 2.62 bits per heavy atom. The lowest BCUT2D eigenvalue weighted by atomic mass is 10.4. The van der Waals surface area contributed by atoms with Crippen LogP contribution in [0.15, 0.2) is 11.9 Å². The Balaban J connectivity index is 2.93. The molecule has 8 heavy (non-hydrogen) atoms. The van der Waals surface area contributed by atoms with Gasteiger partial charge >= 0.3 is 0 Å². The van der Waals surface area contributed by atoms with E-state index in [9.17, 15) is 4.79 Å². The average Bonchev–Trinajstić information content (AvgIpc) is 2.12. The van der Waals surface area contributed by atoms with Gasteiger partial charge in [0, 0.05) is 0 Å². The largest absolute Gasteiger partial charge is 0.521 e. The molecule has 42 valence electrons. The minimum atomic E-state index is -0.883. The lowest BCUT2D eigenvalue weighted by Crippen LogP contribution is -1.91. The zero-order valence-corrected chi connectivity index (χ0v) is 5.01. The number of carboxylic acid groups (broad SMARTS) is 1. The molecule has 0 aliphatic carbocycles. The van der Waals surface area contributed by atoms with Crippen molar-refractivity contribution in [2.75, 3.05) is 0 Å². The molecular weight excluding hydrogens is 123 g/mol. The molecule has 0 aliphatic rings. The summed E-state index contributed by atoms with van der Waals surface area (Å²) in [6.45, 7) is 0. The molecule has 0 spiro atoms. The summed E-state index contributed by atoms with van der Waals surface area (Å²) in [7, 11) is 0.433. The maximum absolute atomic E-state index is 10.1. The number of aromatic carboxylic acids is 1. The fourth-order valence-electron chi connectivity index (χ4n) is 0.411. The summed E-state index contributed by atoms with van der Waals surface area (Å²) >= 11 is 0. The zero-order valence-electron chi connectivity index (χ0n) is 4.01. The molecule has 0 saturated heterocycles. The highest BCUT2D eigenvalue weighted by Crippen LogP contribution is 2.08. The summed E-state index contributed by atoms with van der Waals surface area (Å²) in [5, 5.41) is 8.27. The predicted octanol–water partition coefficient (Wildman–Crippen LogP) is 1.22. The van der Waals surface area contributed by atoms with Crippen LogP contribution in [0.4, 0.5) is 0 Å². The quantitative estimate of drug-likeness (QED) is 0.576. The molecule has 1 unspecified atom stereocenters. The van der Waals surface area contributed by atoms with Gasteiger partial charge in [-0.05, 0) is 0 Å². The van der Waals surface area contributed by atoms with Crippen LogP contribution in [0.3, 0.4) is 0 Å². The van der Waals surface area contributed by atoms with E-state index in [1.807, 2.05) is 0 Å². The molecule has 0 aromatic carbocycles. The minimum Gasteiger partial charge on any atom is -0.521 e. The van der Waals surface area contributed by atoms with E-state index in [0.717, 1.165) is 0 Å². The van der Waals surface area contributed by atoms with Crippen molar-refractivity contribution < 1.29 is 9.90 Å². The first-order valence-corrected chi connectivity index (χ1v) is 3.17. The van der Waals surface area contributed by atoms with Gasteiger partial charge in [0.05, 0.1) is 0 Å². The van der Waals surface area contributed by atoms with Crippen molar-refractivity contribution in [3.63, 3.8) is 0 Å². The number of rotatable bonds is 1. The van der Waals surface area contributed by atoms with Crippen LogP contribution in [0, 0.1) is 5.80 Å². The maximum Gasteiger partial charge on any atom is 0.247 e. The molecule has 0 aliphatic heterocycles. The Bertz CT molecular complexity index is 178. The lowest BCUT2D eigenvalue weighted by Gasteiger charge is -1.89. The summed E-state index contributed by atoms with van der Waals surface area (Å²) in [5.41, 5.74) is 0.295. The molecule has 2 nitrogen and oxygen atoms in total. The molecule has 1 rings (SSSR count). The second kappa shape index (κ2) is 2.01. The molecule has 1 aromatic rings.